The zero-order valence-electron chi connectivity index (χ0n) is 21.5. The van der Waals surface area contributed by atoms with Crippen molar-refractivity contribution in [1.29, 1.82) is 0 Å². The molecule has 1 aliphatic heterocycles. The lowest BCUT2D eigenvalue weighted by molar-refractivity contribution is 0.0601. The average molecular weight is 497 g/mol. The number of carbonyl (C=O) groups is 2. The van der Waals surface area contributed by atoms with Gasteiger partial charge >= 0.3 is 12.1 Å². The molecule has 5 rings (SSSR count). The summed E-state index contributed by atoms with van der Waals surface area (Å²) < 4.78 is 12.8. The zero-order chi connectivity index (χ0) is 25.9. The van der Waals surface area contributed by atoms with Crippen LogP contribution in [-0.4, -0.2) is 29.8 Å². The molecule has 0 bridgehead atoms. The van der Waals surface area contributed by atoms with Gasteiger partial charge in [-0.05, 0) is 47.6 Å². The Kier molecular flexibility index (Phi) is 6.99. The number of esters is 1. The third-order valence-corrected chi connectivity index (χ3v) is 7.31. The van der Waals surface area contributed by atoms with Crippen LogP contribution < -0.4 is 5.32 Å². The van der Waals surface area contributed by atoms with Crippen molar-refractivity contribution >= 4 is 23.0 Å². The van der Waals surface area contributed by atoms with Crippen LogP contribution in [0.1, 0.15) is 53.2 Å². The van der Waals surface area contributed by atoms with E-state index in [0.29, 0.717) is 24.4 Å². The number of alkyl carbamates (subject to hydrolysis) is 1. The van der Waals surface area contributed by atoms with E-state index in [9.17, 15) is 9.59 Å². The van der Waals surface area contributed by atoms with Gasteiger partial charge in [-0.2, -0.15) is 0 Å². The van der Waals surface area contributed by atoms with E-state index in [0.717, 1.165) is 34.1 Å². The second-order valence-electron chi connectivity index (χ2n) is 9.67. The molecule has 1 aliphatic rings. The second-order valence-corrected chi connectivity index (χ2v) is 9.67. The highest BCUT2D eigenvalue weighted by Gasteiger charge is 2.29. The van der Waals surface area contributed by atoms with Gasteiger partial charge in [0.15, 0.2) is 0 Å². The Bertz CT molecular complexity index is 1440. The molecule has 4 aromatic rings. The van der Waals surface area contributed by atoms with E-state index < -0.39 is 6.09 Å². The summed E-state index contributed by atoms with van der Waals surface area (Å²) in [6.07, 6.45) is 1.22. The fourth-order valence-electron chi connectivity index (χ4n) is 5.31. The zero-order valence-corrected chi connectivity index (χ0v) is 21.5. The normalized spacial score (nSPS) is 15.3. The van der Waals surface area contributed by atoms with E-state index >= 15 is 0 Å². The number of methoxy groups -OCH3 is 1. The van der Waals surface area contributed by atoms with Crippen LogP contribution in [-0.2, 0) is 29.0 Å². The highest BCUT2D eigenvalue weighted by molar-refractivity contribution is 5.99. The van der Waals surface area contributed by atoms with Gasteiger partial charge < -0.3 is 19.4 Å². The number of fused-ring (bicyclic) bond motifs is 5. The maximum absolute atomic E-state index is 12.8. The molecule has 0 spiro atoms. The minimum atomic E-state index is -0.441. The summed E-state index contributed by atoms with van der Waals surface area (Å²) in [4.78, 5) is 25.2. The van der Waals surface area contributed by atoms with E-state index in [1.807, 2.05) is 54.6 Å². The fourth-order valence-corrected chi connectivity index (χ4v) is 5.31. The number of carbonyl (C=O) groups excluding carboxylic acids is 2. The Morgan fingerprint density at radius 3 is 2.57 bits per heavy atom. The molecule has 1 amide bonds. The number of benzene rings is 3. The van der Waals surface area contributed by atoms with Crippen LogP contribution >= 0.6 is 0 Å². The molecule has 3 aromatic carbocycles. The van der Waals surface area contributed by atoms with Crippen molar-refractivity contribution in [3.8, 4) is 11.3 Å². The van der Waals surface area contributed by atoms with E-state index in [1.165, 1.54) is 18.2 Å². The Morgan fingerprint density at radius 2 is 1.81 bits per heavy atom. The van der Waals surface area contributed by atoms with Gasteiger partial charge in [0.05, 0.1) is 24.4 Å². The molecule has 0 radical (unpaired) electrons. The average Bonchev–Trinajstić information content (AvgIpc) is 3.15. The summed E-state index contributed by atoms with van der Waals surface area (Å²) in [5, 5.41) is 4.23. The summed E-state index contributed by atoms with van der Waals surface area (Å²) in [5.74, 6) is -0.0492. The first-order valence-electron chi connectivity index (χ1n) is 12.8. The van der Waals surface area contributed by atoms with E-state index in [2.05, 4.69) is 41.9 Å². The van der Waals surface area contributed by atoms with Crippen LogP contribution in [0.4, 0.5) is 4.79 Å². The molecule has 0 saturated heterocycles. The molecule has 2 unspecified atom stereocenters. The smallest absolute Gasteiger partial charge is 0.407 e. The molecule has 6 heteroatoms. The SMILES string of the molecule is CCC(C)c1c2n(c3cc(C(=O)OC)ccc13)CC(NC(=O)OCc1ccccc1)Cc1ccccc1-2. The Hall–Kier alpha value is -4.06. The van der Waals surface area contributed by atoms with E-state index in [1.54, 1.807) is 0 Å². The third-order valence-electron chi connectivity index (χ3n) is 7.31. The van der Waals surface area contributed by atoms with Crippen molar-refractivity contribution in [3.63, 3.8) is 0 Å². The first kappa shape index (κ1) is 24.6. The van der Waals surface area contributed by atoms with Gasteiger partial charge in [-0.15, -0.1) is 0 Å². The van der Waals surface area contributed by atoms with Crippen molar-refractivity contribution in [2.45, 2.75) is 51.8 Å². The van der Waals surface area contributed by atoms with E-state index in [-0.39, 0.29) is 18.6 Å². The lowest BCUT2D eigenvalue weighted by atomic mass is 9.90. The molecule has 0 saturated carbocycles. The van der Waals surface area contributed by atoms with Gasteiger partial charge in [0.25, 0.3) is 0 Å². The molecular formula is C31H32N2O4. The monoisotopic (exact) mass is 496 g/mol. The molecular weight excluding hydrogens is 464 g/mol. The standard InChI is InChI=1S/C31H32N2O4/c1-4-20(2)28-26-15-14-23(30(34)36-3)17-27(26)33-18-24(16-22-12-8-9-13-25(22)29(28)33)32-31(35)37-19-21-10-6-5-7-11-21/h5-15,17,20,24H,4,16,18-19H2,1-3H3,(H,32,35). The lowest BCUT2D eigenvalue weighted by Crippen LogP contribution is -2.39. The first-order valence-corrected chi connectivity index (χ1v) is 12.8. The van der Waals surface area contributed by atoms with Crippen LogP contribution in [0, 0.1) is 0 Å². The van der Waals surface area contributed by atoms with Crippen LogP contribution in [0.25, 0.3) is 22.2 Å². The molecule has 6 nitrogen and oxygen atoms in total. The minimum Gasteiger partial charge on any atom is -0.465 e. The summed E-state index contributed by atoms with van der Waals surface area (Å²) in [6, 6.07) is 23.6. The van der Waals surface area contributed by atoms with Crippen molar-refractivity contribution < 1.29 is 19.1 Å². The quantitative estimate of drug-likeness (QED) is 0.311. The number of aromatic nitrogens is 1. The van der Waals surface area contributed by atoms with Crippen molar-refractivity contribution in [2.75, 3.05) is 7.11 Å². The molecule has 37 heavy (non-hydrogen) atoms. The van der Waals surface area contributed by atoms with Gasteiger partial charge in [0, 0.05) is 23.0 Å². The summed E-state index contributed by atoms with van der Waals surface area (Å²) in [7, 11) is 1.40. The summed E-state index contributed by atoms with van der Waals surface area (Å²) >= 11 is 0. The Balaban J connectivity index is 1.57. The highest BCUT2D eigenvalue weighted by Crippen LogP contribution is 2.42. The first-order chi connectivity index (χ1) is 18.0. The highest BCUT2D eigenvalue weighted by atomic mass is 16.5. The molecule has 2 heterocycles. The topological polar surface area (TPSA) is 69.6 Å². The van der Waals surface area contributed by atoms with Gasteiger partial charge in [-0.25, -0.2) is 9.59 Å². The molecule has 1 N–H and O–H groups in total. The van der Waals surface area contributed by atoms with Crippen LogP contribution in [0.5, 0.6) is 0 Å². The van der Waals surface area contributed by atoms with Crippen LogP contribution in [0.15, 0.2) is 72.8 Å². The number of hydrogen-bond donors (Lipinski definition) is 1. The number of amides is 1. The van der Waals surface area contributed by atoms with E-state index in [4.69, 9.17) is 9.47 Å². The number of rotatable bonds is 6. The molecule has 0 fully saturated rings. The maximum Gasteiger partial charge on any atom is 0.407 e. The lowest BCUT2D eigenvalue weighted by Gasteiger charge is -2.19. The minimum absolute atomic E-state index is 0.187. The van der Waals surface area contributed by atoms with Crippen molar-refractivity contribution in [2.24, 2.45) is 0 Å². The molecule has 190 valence electrons. The second kappa shape index (κ2) is 10.5. The number of nitrogens with zero attached hydrogens (tertiary/aromatic N) is 1. The molecule has 0 aliphatic carbocycles. The predicted octanol–water partition coefficient (Wildman–Crippen LogP) is 6.46. The molecule has 2 atom stereocenters. The number of ether oxygens (including phenoxy) is 2. The Labute approximate surface area is 217 Å². The fraction of sp³-hybridized carbons (Fsp3) is 0.290. The van der Waals surface area contributed by atoms with Gasteiger partial charge in [-0.1, -0.05) is 74.5 Å². The largest absolute Gasteiger partial charge is 0.465 e. The van der Waals surface area contributed by atoms with Gasteiger partial charge in [-0.3, -0.25) is 0 Å². The van der Waals surface area contributed by atoms with Gasteiger partial charge in [0.2, 0.25) is 0 Å². The Morgan fingerprint density at radius 1 is 1.05 bits per heavy atom. The van der Waals surface area contributed by atoms with Crippen LogP contribution in [0.3, 0.4) is 0 Å². The summed E-state index contributed by atoms with van der Waals surface area (Å²) in [6.45, 7) is 5.21. The van der Waals surface area contributed by atoms with Crippen LogP contribution in [0.2, 0.25) is 0 Å². The van der Waals surface area contributed by atoms with Crippen molar-refractivity contribution in [1.82, 2.24) is 9.88 Å². The third kappa shape index (κ3) is 4.84. The summed E-state index contributed by atoms with van der Waals surface area (Å²) in [5.41, 5.74) is 7.18. The maximum atomic E-state index is 12.8. The molecule has 1 aromatic heterocycles. The number of nitrogens with one attached hydrogen (secondary N) is 1. The number of hydrogen-bond acceptors (Lipinski definition) is 4. The van der Waals surface area contributed by atoms with Gasteiger partial charge in [0.1, 0.15) is 6.61 Å². The van der Waals surface area contributed by atoms with Crippen molar-refractivity contribution in [3.05, 3.63) is 95.1 Å². The predicted molar refractivity (Wildman–Crippen MR) is 145 cm³/mol.